The summed E-state index contributed by atoms with van der Waals surface area (Å²) in [7, 11) is 1.16. The van der Waals surface area contributed by atoms with E-state index in [0.717, 1.165) is 25.7 Å². The first-order valence-electron chi connectivity index (χ1n) is 6.98. The lowest BCUT2D eigenvalue weighted by Crippen LogP contribution is -1.88. The molecule has 0 aliphatic heterocycles. The average Bonchev–Trinajstić information content (AvgIpc) is 2.39. The van der Waals surface area contributed by atoms with Gasteiger partial charge in [0, 0.05) is 18.1 Å². The van der Waals surface area contributed by atoms with Crippen LogP contribution in [-0.4, -0.2) is 34.7 Å². The molecule has 0 aliphatic rings. The molecule has 0 bridgehead atoms. The number of aliphatic hydroxyl groups excluding tert-OH is 1. The summed E-state index contributed by atoms with van der Waals surface area (Å²) in [5.74, 6) is 2.38. The van der Waals surface area contributed by atoms with Crippen LogP contribution in [0.5, 0.6) is 0 Å². The second-order valence-corrected chi connectivity index (χ2v) is 7.83. The van der Waals surface area contributed by atoms with Gasteiger partial charge in [-0.3, -0.25) is 4.57 Å². The molecule has 0 aliphatic carbocycles. The largest absolute Gasteiger partial charge is 0.396 e. The van der Waals surface area contributed by atoms with Gasteiger partial charge in [-0.15, -0.1) is 0 Å². The molecule has 0 aromatic rings. The standard InChI is InChI=1S/C12H27O4PS2/c13-9-5-1-3-7-11-18-19-12-8-4-2-6-10-16-17(14)15/h13,17H,1-12H2,(H,14,15). The van der Waals surface area contributed by atoms with Gasteiger partial charge in [-0.05, 0) is 25.7 Å². The minimum atomic E-state index is -2.72. The first-order valence-corrected chi connectivity index (χ1v) is 10.7. The van der Waals surface area contributed by atoms with Gasteiger partial charge in [0.2, 0.25) is 0 Å². The smallest absolute Gasteiger partial charge is 0.316 e. The van der Waals surface area contributed by atoms with Gasteiger partial charge in [0.25, 0.3) is 0 Å². The van der Waals surface area contributed by atoms with Crippen LogP contribution < -0.4 is 0 Å². The zero-order valence-corrected chi connectivity index (χ0v) is 14.1. The van der Waals surface area contributed by atoms with E-state index in [1.807, 2.05) is 21.6 Å². The van der Waals surface area contributed by atoms with Gasteiger partial charge in [-0.2, -0.15) is 0 Å². The Morgan fingerprint density at radius 3 is 1.89 bits per heavy atom. The van der Waals surface area contributed by atoms with Crippen LogP contribution in [0, 0.1) is 0 Å². The predicted molar refractivity (Wildman–Crippen MR) is 86.1 cm³/mol. The van der Waals surface area contributed by atoms with Crippen LogP contribution >= 0.6 is 29.8 Å². The van der Waals surface area contributed by atoms with Gasteiger partial charge in [0.1, 0.15) is 0 Å². The second-order valence-electron chi connectivity index (χ2n) is 4.31. The van der Waals surface area contributed by atoms with E-state index in [9.17, 15) is 4.57 Å². The third-order valence-electron chi connectivity index (χ3n) is 2.57. The molecule has 0 amide bonds. The molecule has 19 heavy (non-hydrogen) atoms. The maximum Gasteiger partial charge on any atom is 0.316 e. The number of hydrogen-bond donors (Lipinski definition) is 2. The average molecular weight is 330 g/mol. The van der Waals surface area contributed by atoms with Crippen molar-refractivity contribution in [3.8, 4) is 0 Å². The Bertz CT molecular complexity index is 208. The van der Waals surface area contributed by atoms with Gasteiger partial charge in [0.05, 0.1) is 6.61 Å². The minimum Gasteiger partial charge on any atom is -0.396 e. The van der Waals surface area contributed by atoms with Crippen LogP contribution in [0.3, 0.4) is 0 Å². The molecule has 4 nitrogen and oxygen atoms in total. The number of rotatable bonds is 15. The molecule has 0 spiro atoms. The molecule has 0 rings (SSSR count). The lowest BCUT2D eigenvalue weighted by Gasteiger charge is -2.02. The molecule has 0 aromatic heterocycles. The lowest BCUT2D eigenvalue weighted by molar-refractivity contribution is 0.274. The maximum atomic E-state index is 10.3. The fraction of sp³-hybridized carbons (Fsp3) is 1.00. The van der Waals surface area contributed by atoms with E-state index >= 15 is 0 Å². The van der Waals surface area contributed by atoms with Crippen LogP contribution in [0.15, 0.2) is 0 Å². The Hall–Kier alpha value is 0.810. The molecular formula is C12H27O4PS2. The second kappa shape index (κ2) is 16.9. The van der Waals surface area contributed by atoms with Crippen LogP contribution in [-0.2, 0) is 9.09 Å². The first-order chi connectivity index (χ1) is 9.27. The van der Waals surface area contributed by atoms with Gasteiger partial charge in [-0.25, -0.2) is 0 Å². The molecular weight excluding hydrogens is 303 g/mol. The topological polar surface area (TPSA) is 66.8 Å². The summed E-state index contributed by atoms with van der Waals surface area (Å²) in [6.07, 6.45) is 8.87. The van der Waals surface area contributed by atoms with E-state index in [4.69, 9.17) is 10.00 Å². The summed E-state index contributed by atoms with van der Waals surface area (Å²) < 4.78 is 14.9. The summed E-state index contributed by atoms with van der Waals surface area (Å²) in [5.41, 5.74) is 0. The highest BCUT2D eigenvalue weighted by Crippen LogP contribution is 2.24. The number of hydrogen-bond acceptors (Lipinski definition) is 5. The molecule has 116 valence electrons. The number of aliphatic hydroxyl groups is 1. The summed E-state index contributed by atoms with van der Waals surface area (Å²) in [5, 5.41) is 8.63. The van der Waals surface area contributed by atoms with Crippen molar-refractivity contribution in [2.24, 2.45) is 0 Å². The molecule has 2 N–H and O–H groups in total. The van der Waals surface area contributed by atoms with Crippen molar-refractivity contribution in [2.75, 3.05) is 24.7 Å². The summed E-state index contributed by atoms with van der Waals surface area (Å²) in [6, 6.07) is 0. The molecule has 1 atom stereocenters. The maximum absolute atomic E-state index is 10.3. The minimum absolute atomic E-state index is 0.322. The fourth-order valence-corrected chi connectivity index (χ4v) is 4.13. The zero-order valence-electron chi connectivity index (χ0n) is 11.5. The highest BCUT2D eigenvalue weighted by atomic mass is 33.1. The van der Waals surface area contributed by atoms with Gasteiger partial charge >= 0.3 is 8.25 Å². The van der Waals surface area contributed by atoms with Gasteiger partial charge in [0.15, 0.2) is 0 Å². The van der Waals surface area contributed by atoms with Crippen LogP contribution in [0.2, 0.25) is 0 Å². The lowest BCUT2D eigenvalue weighted by atomic mass is 10.2. The number of unbranched alkanes of at least 4 members (excludes halogenated alkanes) is 6. The van der Waals surface area contributed by atoms with Crippen molar-refractivity contribution >= 4 is 29.8 Å². The molecule has 0 aromatic carbocycles. The third-order valence-corrected chi connectivity index (χ3v) is 5.60. The monoisotopic (exact) mass is 330 g/mol. The van der Waals surface area contributed by atoms with Gasteiger partial charge in [-0.1, -0.05) is 47.3 Å². The van der Waals surface area contributed by atoms with E-state index in [0.29, 0.717) is 13.2 Å². The predicted octanol–water partition coefficient (Wildman–Crippen LogP) is 3.88. The zero-order chi connectivity index (χ0) is 14.2. The van der Waals surface area contributed by atoms with E-state index in [1.54, 1.807) is 0 Å². The fourth-order valence-electron chi connectivity index (χ4n) is 1.52. The molecule has 1 unspecified atom stereocenters. The summed E-state index contributed by atoms with van der Waals surface area (Å²) in [6.45, 7) is 0.729. The third kappa shape index (κ3) is 18.8. The molecule has 0 heterocycles. The molecule has 0 radical (unpaired) electrons. The van der Waals surface area contributed by atoms with Crippen molar-refractivity contribution < 1.29 is 19.1 Å². The van der Waals surface area contributed by atoms with Crippen LogP contribution in [0.1, 0.15) is 51.4 Å². The van der Waals surface area contributed by atoms with Crippen molar-refractivity contribution in [1.29, 1.82) is 0 Å². The first kappa shape index (κ1) is 19.8. The summed E-state index contributed by atoms with van der Waals surface area (Å²) >= 11 is 0. The van der Waals surface area contributed by atoms with Crippen LogP contribution in [0.25, 0.3) is 0 Å². The highest BCUT2D eigenvalue weighted by Gasteiger charge is 1.95. The Kier molecular flexibility index (Phi) is 17.6. The van der Waals surface area contributed by atoms with E-state index in [-0.39, 0.29) is 0 Å². The van der Waals surface area contributed by atoms with Crippen molar-refractivity contribution in [3.63, 3.8) is 0 Å². The highest BCUT2D eigenvalue weighted by molar-refractivity contribution is 8.76. The van der Waals surface area contributed by atoms with Crippen LogP contribution in [0.4, 0.5) is 0 Å². The Morgan fingerprint density at radius 2 is 1.37 bits per heavy atom. The Labute approximate surface area is 125 Å². The Morgan fingerprint density at radius 1 is 0.842 bits per heavy atom. The quantitative estimate of drug-likeness (QED) is 0.270. The molecule has 0 saturated carbocycles. The van der Waals surface area contributed by atoms with E-state index < -0.39 is 8.25 Å². The van der Waals surface area contributed by atoms with E-state index in [1.165, 1.54) is 37.2 Å². The van der Waals surface area contributed by atoms with Gasteiger partial charge < -0.3 is 14.5 Å². The molecule has 7 heteroatoms. The normalized spacial score (nSPS) is 12.7. The summed E-state index contributed by atoms with van der Waals surface area (Å²) in [4.78, 5) is 8.45. The van der Waals surface area contributed by atoms with Crippen molar-refractivity contribution in [1.82, 2.24) is 0 Å². The molecule has 0 fully saturated rings. The van der Waals surface area contributed by atoms with Crippen molar-refractivity contribution in [2.45, 2.75) is 51.4 Å². The van der Waals surface area contributed by atoms with Crippen molar-refractivity contribution in [3.05, 3.63) is 0 Å². The van der Waals surface area contributed by atoms with E-state index in [2.05, 4.69) is 4.52 Å². The SMILES string of the molecule is O=[PH](O)OCCCCCCSSCCCCCCO. The Balaban J connectivity index is 2.93. The molecule has 0 saturated heterocycles.